The van der Waals surface area contributed by atoms with Gasteiger partial charge in [-0.25, -0.2) is 0 Å². The summed E-state index contributed by atoms with van der Waals surface area (Å²) in [6.07, 6.45) is -0.0873. The van der Waals surface area contributed by atoms with E-state index < -0.39 is 6.10 Å². The Labute approximate surface area is 102 Å². The van der Waals surface area contributed by atoms with Gasteiger partial charge in [0.15, 0.2) is 0 Å². The van der Waals surface area contributed by atoms with Crippen molar-refractivity contribution in [3.63, 3.8) is 0 Å². The highest BCUT2D eigenvalue weighted by Crippen LogP contribution is 2.20. The smallest absolute Gasteiger partial charge is 0.250 e. The van der Waals surface area contributed by atoms with Crippen LogP contribution in [0, 0.1) is 0 Å². The number of amides is 1. The van der Waals surface area contributed by atoms with Crippen molar-refractivity contribution in [1.29, 1.82) is 0 Å². The predicted octanol–water partition coefficient (Wildman–Crippen LogP) is 1.89. The second-order valence-electron chi connectivity index (χ2n) is 3.42. The molecule has 0 fully saturated rings. The van der Waals surface area contributed by atoms with Crippen molar-refractivity contribution in [3.8, 4) is 0 Å². The Bertz CT molecular complexity index is 338. The van der Waals surface area contributed by atoms with Crippen LogP contribution in [0.15, 0.2) is 15.9 Å². The van der Waals surface area contributed by atoms with Crippen LogP contribution >= 0.6 is 27.3 Å². The monoisotopic (exact) mass is 291 g/mol. The summed E-state index contributed by atoms with van der Waals surface area (Å²) in [6, 6.07) is 2.05. The second kappa shape index (κ2) is 5.63. The van der Waals surface area contributed by atoms with Crippen LogP contribution in [0.2, 0.25) is 0 Å². The zero-order valence-electron chi connectivity index (χ0n) is 8.74. The Morgan fingerprint density at radius 3 is 2.87 bits per heavy atom. The van der Waals surface area contributed by atoms with Gasteiger partial charge in [-0.1, -0.05) is 0 Å². The summed E-state index contributed by atoms with van der Waals surface area (Å²) in [5, 5.41) is 11.1. The van der Waals surface area contributed by atoms with E-state index in [9.17, 15) is 4.79 Å². The molecule has 0 saturated heterocycles. The summed E-state index contributed by atoms with van der Waals surface area (Å²) in [6.45, 7) is 2.12. The molecule has 0 aliphatic heterocycles. The van der Waals surface area contributed by atoms with Crippen LogP contribution in [-0.2, 0) is 11.2 Å². The van der Waals surface area contributed by atoms with E-state index in [4.69, 9.17) is 5.11 Å². The molecule has 1 heterocycles. The largest absolute Gasteiger partial charge is 0.384 e. The standard InChI is InChI=1S/C10H14BrNO2S/c1-7(13)10(14)12(2)4-3-9-5-8(11)6-15-9/h5-7,13H,3-4H2,1-2H3. The van der Waals surface area contributed by atoms with Gasteiger partial charge in [0.2, 0.25) is 0 Å². The molecule has 0 aliphatic rings. The number of rotatable bonds is 4. The molecule has 15 heavy (non-hydrogen) atoms. The molecule has 0 aliphatic carbocycles. The van der Waals surface area contributed by atoms with Gasteiger partial charge in [0.25, 0.3) is 5.91 Å². The van der Waals surface area contributed by atoms with Gasteiger partial charge in [0.05, 0.1) is 0 Å². The van der Waals surface area contributed by atoms with E-state index in [1.54, 1.807) is 23.3 Å². The normalized spacial score (nSPS) is 12.5. The fourth-order valence-electron chi connectivity index (χ4n) is 1.19. The summed E-state index contributed by atoms with van der Waals surface area (Å²) in [4.78, 5) is 14.1. The summed E-state index contributed by atoms with van der Waals surface area (Å²) in [5.74, 6) is -0.231. The number of hydrogen-bond donors (Lipinski definition) is 1. The van der Waals surface area contributed by atoms with Gasteiger partial charge in [-0.3, -0.25) is 4.79 Å². The summed E-state index contributed by atoms with van der Waals surface area (Å²) in [7, 11) is 1.71. The lowest BCUT2D eigenvalue weighted by atomic mass is 10.3. The van der Waals surface area contributed by atoms with Crippen molar-refractivity contribution in [2.24, 2.45) is 0 Å². The predicted molar refractivity (Wildman–Crippen MR) is 65.0 cm³/mol. The number of halogens is 1. The quantitative estimate of drug-likeness (QED) is 0.920. The third-order valence-electron chi connectivity index (χ3n) is 2.05. The minimum absolute atomic E-state index is 0.231. The van der Waals surface area contributed by atoms with E-state index in [2.05, 4.69) is 15.9 Å². The van der Waals surface area contributed by atoms with Crippen LogP contribution in [-0.4, -0.2) is 35.6 Å². The van der Waals surface area contributed by atoms with Crippen molar-refractivity contribution in [2.75, 3.05) is 13.6 Å². The molecule has 0 aromatic carbocycles. The second-order valence-corrected chi connectivity index (χ2v) is 5.33. The first-order valence-electron chi connectivity index (χ1n) is 4.66. The van der Waals surface area contributed by atoms with E-state index in [-0.39, 0.29) is 5.91 Å². The van der Waals surface area contributed by atoms with Gasteiger partial charge in [-0.2, -0.15) is 0 Å². The van der Waals surface area contributed by atoms with Gasteiger partial charge in [0, 0.05) is 28.3 Å². The van der Waals surface area contributed by atoms with Crippen LogP contribution in [0.25, 0.3) is 0 Å². The fraction of sp³-hybridized carbons (Fsp3) is 0.500. The average Bonchev–Trinajstić information content (AvgIpc) is 2.59. The Morgan fingerprint density at radius 1 is 1.73 bits per heavy atom. The maximum absolute atomic E-state index is 11.3. The van der Waals surface area contributed by atoms with Crippen LogP contribution in [0.1, 0.15) is 11.8 Å². The molecule has 84 valence electrons. The van der Waals surface area contributed by atoms with Crippen molar-refractivity contribution < 1.29 is 9.90 Å². The van der Waals surface area contributed by atoms with E-state index in [0.717, 1.165) is 10.9 Å². The van der Waals surface area contributed by atoms with E-state index in [1.807, 2.05) is 11.4 Å². The van der Waals surface area contributed by atoms with Crippen LogP contribution in [0.4, 0.5) is 0 Å². The zero-order chi connectivity index (χ0) is 11.4. The average molecular weight is 292 g/mol. The number of carbonyl (C=O) groups is 1. The number of aliphatic hydroxyl groups excluding tert-OH is 1. The van der Waals surface area contributed by atoms with Crippen molar-refractivity contribution >= 4 is 33.2 Å². The van der Waals surface area contributed by atoms with Gasteiger partial charge < -0.3 is 10.0 Å². The molecule has 1 aromatic rings. The molecule has 0 bridgehead atoms. The minimum atomic E-state index is -0.912. The molecule has 3 nitrogen and oxygen atoms in total. The van der Waals surface area contributed by atoms with Gasteiger partial charge in [0.1, 0.15) is 6.10 Å². The first-order valence-corrected chi connectivity index (χ1v) is 6.34. The molecular weight excluding hydrogens is 278 g/mol. The van der Waals surface area contributed by atoms with Gasteiger partial charge >= 0.3 is 0 Å². The van der Waals surface area contributed by atoms with Crippen LogP contribution < -0.4 is 0 Å². The molecule has 1 aromatic heterocycles. The van der Waals surface area contributed by atoms with Gasteiger partial charge in [-0.15, -0.1) is 11.3 Å². The number of carbonyl (C=O) groups excluding carboxylic acids is 1. The molecule has 0 spiro atoms. The lowest BCUT2D eigenvalue weighted by molar-refractivity contribution is -0.137. The molecule has 0 radical (unpaired) electrons. The number of aliphatic hydroxyl groups is 1. The molecule has 5 heteroatoms. The topological polar surface area (TPSA) is 40.5 Å². The third-order valence-corrected chi connectivity index (χ3v) is 3.81. The van der Waals surface area contributed by atoms with Crippen LogP contribution in [0.5, 0.6) is 0 Å². The summed E-state index contributed by atoms with van der Waals surface area (Å²) in [5.41, 5.74) is 0. The Morgan fingerprint density at radius 2 is 2.40 bits per heavy atom. The third kappa shape index (κ3) is 3.93. The minimum Gasteiger partial charge on any atom is -0.384 e. The van der Waals surface area contributed by atoms with Crippen molar-refractivity contribution in [1.82, 2.24) is 4.90 Å². The number of hydrogen-bond acceptors (Lipinski definition) is 3. The molecule has 1 amide bonds. The van der Waals surface area contributed by atoms with E-state index >= 15 is 0 Å². The molecule has 1 unspecified atom stereocenters. The first-order chi connectivity index (χ1) is 7.00. The molecule has 1 atom stereocenters. The molecular formula is C10H14BrNO2S. The van der Waals surface area contributed by atoms with Crippen molar-refractivity contribution in [2.45, 2.75) is 19.4 Å². The SMILES string of the molecule is CC(O)C(=O)N(C)CCc1cc(Br)cs1. The first kappa shape index (κ1) is 12.7. The Hall–Kier alpha value is -0.390. The molecule has 1 N–H and O–H groups in total. The Balaban J connectivity index is 2.40. The summed E-state index contributed by atoms with van der Waals surface area (Å²) >= 11 is 5.05. The lowest BCUT2D eigenvalue weighted by Crippen LogP contribution is -2.35. The maximum Gasteiger partial charge on any atom is 0.250 e. The fourth-order valence-corrected chi connectivity index (χ4v) is 2.64. The Kier molecular flexibility index (Phi) is 4.76. The molecule has 1 rings (SSSR count). The van der Waals surface area contributed by atoms with E-state index in [1.165, 1.54) is 11.8 Å². The maximum atomic E-state index is 11.3. The number of likely N-dealkylation sites (N-methyl/N-ethyl adjacent to an activating group) is 1. The highest BCUT2D eigenvalue weighted by molar-refractivity contribution is 9.10. The van der Waals surface area contributed by atoms with Crippen molar-refractivity contribution in [3.05, 3.63) is 20.8 Å². The number of thiophene rings is 1. The summed E-state index contributed by atoms with van der Waals surface area (Å²) < 4.78 is 1.08. The lowest BCUT2D eigenvalue weighted by Gasteiger charge is -2.18. The number of nitrogens with zero attached hydrogens (tertiary/aromatic N) is 1. The molecule has 0 saturated carbocycles. The highest BCUT2D eigenvalue weighted by atomic mass is 79.9. The highest BCUT2D eigenvalue weighted by Gasteiger charge is 2.14. The van der Waals surface area contributed by atoms with Crippen LogP contribution in [0.3, 0.4) is 0 Å². The zero-order valence-corrected chi connectivity index (χ0v) is 11.1. The van der Waals surface area contributed by atoms with E-state index in [0.29, 0.717) is 6.54 Å². The van der Waals surface area contributed by atoms with Gasteiger partial charge in [-0.05, 0) is 35.3 Å².